The molecule has 3 aromatic rings. The van der Waals surface area contributed by atoms with Gasteiger partial charge in [-0.3, -0.25) is 4.79 Å². The molecule has 27 heavy (non-hydrogen) atoms. The summed E-state index contributed by atoms with van der Waals surface area (Å²) in [5.41, 5.74) is 2.56. The number of ether oxygens (including phenoxy) is 1. The largest absolute Gasteiger partial charge is 0.370 e. The predicted molar refractivity (Wildman–Crippen MR) is 107 cm³/mol. The number of nitrogens with zero attached hydrogens (tertiary/aromatic N) is 2. The Morgan fingerprint density at radius 1 is 1.22 bits per heavy atom. The molecule has 0 N–H and O–H groups in total. The first-order valence-corrected chi connectivity index (χ1v) is 9.64. The lowest BCUT2D eigenvalue weighted by molar-refractivity contribution is -0.108. The van der Waals surface area contributed by atoms with Gasteiger partial charge in [-0.05, 0) is 23.8 Å². The molecule has 0 bridgehead atoms. The average Bonchev–Trinajstić information content (AvgIpc) is 3.06. The lowest BCUT2D eigenvalue weighted by Crippen LogP contribution is -2.42. The summed E-state index contributed by atoms with van der Waals surface area (Å²) in [6.07, 6.45) is 2.50. The topological polar surface area (TPSA) is 51.5 Å². The van der Waals surface area contributed by atoms with E-state index in [1.165, 1.54) is 0 Å². The van der Waals surface area contributed by atoms with Crippen molar-refractivity contribution >= 4 is 39.0 Å². The zero-order valence-corrected chi connectivity index (χ0v) is 16.3. The summed E-state index contributed by atoms with van der Waals surface area (Å²) in [5.74, 6) is -0.0352. The van der Waals surface area contributed by atoms with Gasteiger partial charge in [0.2, 0.25) is 0 Å². The highest BCUT2D eigenvalue weighted by Crippen LogP contribution is 2.28. The van der Waals surface area contributed by atoms with Gasteiger partial charge in [0.25, 0.3) is 5.91 Å². The first kappa shape index (κ1) is 17.9. The smallest absolute Gasteiger partial charge is 0.256 e. The number of hydrogen-bond donors (Lipinski definition) is 0. The fraction of sp³-hybridized carbons (Fsp3) is 0.238. The predicted octanol–water partition coefficient (Wildman–Crippen LogP) is 3.82. The van der Waals surface area contributed by atoms with Gasteiger partial charge in [-0.1, -0.05) is 46.3 Å². The highest BCUT2D eigenvalue weighted by Gasteiger charge is 2.28. The summed E-state index contributed by atoms with van der Waals surface area (Å²) in [4.78, 5) is 26.1. The Hall–Kier alpha value is -2.44. The number of amides is 1. The lowest BCUT2D eigenvalue weighted by Gasteiger charge is -2.33. The van der Waals surface area contributed by atoms with Crippen molar-refractivity contribution in [3.8, 4) is 0 Å². The van der Waals surface area contributed by atoms with Crippen LogP contribution in [0.5, 0.6) is 0 Å². The zero-order chi connectivity index (χ0) is 18.8. The Balaban J connectivity index is 1.66. The molecule has 1 saturated heterocycles. The SMILES string of the molecule is O=CCn1cc(C(=O)N2CCOC(c3ccccc3)C2)c2cc(Br)ccc21. The molecule has 1 fully saturated rings. The van der Waals surface area contributed by atoms with E-state index in [-0.39, 0.29) is 18.6 Å². The molecule has 0 aliphatic carbocycles. The van der Waals surface area contributed by atoms with Gasteiger partial charge < -0.3 is 19.0 Å². The maximum atomic E-state index is 13.3. The van der Waals surface area contributed by atoms with E-state index in [1.807, 2.05) is 58.0 Å². The minimum absolute atomic E-state index is 0.0352. The Morgan fingerprint density at radius 3 is 2.81 bits per heavy atom. The molecule has 1 atom stereocenters. The fourth-order valence-electron chi connectivity index (χ4n) is 3.54. The van der Waals surface area contributed by atoms with Gasteiger partial charge in [0, 0.05) is 28.1 Å². The molecule has 0 saturated carbocycles. The Kier molecular flexibility index (Phi) is 5.09. The van der Waals surface area contributed by atoms with E-state index < -0.39 is 0 Å². The number of benzene rings is 2. The van der Waals surface area contributed by atoms with Crippen LogP contribution in [0.2, 0.25) is 0 Å². The van der Waals surface area contributed by atoms with Crippen LogP contribution in [0.15, 0.2) is 59.2 Å². The number of aromatic nitrogens is 1. The van der Waals surface area contributed by atoms with Gasteiger partial charge in [0.05, 0.1) is 25.3 Å². The monoisotopic (exact) mass is 426 g/mol. The molecule has 1 aliphatic rings. The second kappa shape index (κ2) is 7.66. The summed E-state index contributed by atoms with van der Waals surface area (Å²) >= 11 is 3.48. The van der Waals surface area contributed by atoms with Gasteiger partial charge in [-0.15, -0.1) is 0 Å². The van der Waals surface area contributed by atoms with Crippen LogP contribution in [0.3, 0.4) is 0 Å². The highest BCUT2D eigenvalue weighted by molar-refractivity contribution is 9.10. The first-order chi connectivity index (χ1) is 13.2. The molecule has 4 rings (SSSR count). The molecule has 2 aromatic carbocycles. The van der Waals surface area contributed by atoms with Gasteiger partial charge in [-0.2, -0.15) is 0 Å². The lowest BCUT2D eigenvalue weighted by atomic mass is 10.1. The average molecular weight is 427 g/mol. The van der Waals surface area contributed by atoms with E-state index in [1.54, 1.807) is 6.20 Å². The van der Waals surface area contributed by atoms with Crippen LogP contribution < -0.4 is 0 Å². The minimum Gasteiger partial charge on any atom is -0.370 e. The van der Waals surface area contributed by atoms with Crippen LogP contribution in [0.4, 0.5) is 0 Å². The molecule has 1 aromatic heterocycles. The number of fused-ring (bicyclic) bond motifs is 1. The van der Waals surface area contributed by atoms with E-state index in [4.69, 9.17) is 4.74 Å². The molecule has 2 heterocycles. The van der Waals surface area contributed by atoms with Crippen LogP contribution in [0.1, 0.15) is 22.0 Å². The van der Waals surface area contributed by atoms with Gasteiger partial charge in [0.1, 0.15) is 12.4 Å². The number of halogens is 1. The summed E-state index contributed by atoms with van der Waals surface area (Å²) in [7, 11) is 0. The van der Waals surface area contributed by atoms with Crippen molar-refractivity contribution in [1.82, 2.24) is 9.47 Å². The van der Waals surface area contributed by atoms with Crippen LogP contribution in [0, 0.1) is 0 Å². The first-order valence-electron chi connectivity index (χ1n) is 8.85. The number of carbonyl (C=O) groups excluding carboxylic acids is 2. The maximum Gasteiger partial charge on any atom is 0.256 e. The molecular weight excluding hydrogens is 408 g/mol. The Labute approximate surface area is 165 Å². The Morgan fingerprint density at radius 2 is 2.04 bits per heavy atom. The molecule has 1 aliphatic heterocycles. The van der Waals surface area contributed by atoms with Gasteiger partial charge in [0.15, 0.2) is 0 Å². The molecule has 1 unspecified atom stereocenters. The molecule has 1 amide bonds. The van der Waals surface area contributed by atoms with Crippen molar-refractivity contribution in [2.75, 3.05) is 19.7 Å². The van der Waals surface area contributed by atoms with Crippen LogP contribution in [0.25, 0.3) is 10.9 Å². The van der Waals surface area contributed by atoms with Crippen LogP contribution in [-0.4, -0.2) is 41.4 Å². The molecule has 5 nitrogen and oxygen atoms in total. The molecule has 0 spiro atoms. The number of carbonyl (C=O) groups is 2. The summed E-state index contributed by atoms with van der Waals surface area (Å²) in [6.45, 7) is 1.79. The normalized spacial score (nSPS) is 17.2. The van der Waals surface area contributed by atoms with E-state index in [0.717, 1.165) is 27.2 Å². The number of rotatable bonds is 4. The maximum absolute atomic E-state index is 13.3. The zero-order valence-electron chi connectivity index (χ0n) is 14.7. The third kappa shape index (κ3) is 3.55. The van der Waals surface area contributed by atoms with Crippen LogP contribution >= 0.6 is 15.9 Å². The summed E-state index contributed by atoms with van der Waals surface area (Å²) < 4.78 is 8.59. The standard InChI is InChI=1S/C21H19BrN2O3/c22-16-6-7-19-17(12-16)18(13-23(19)8-10-25)21(26)24-9-11-27-20(14-24)15-4-2-1-3-5-15/h1-7,10,12-13,20H,8-9,11,14H2. The van der Waals surface area contributed by atoms with E-state index in [0.29, 0.717) is 25.3 Å². The molecule has 6 heteroatoms. The minimum atomic E-state index is -0.126. The van der Waals surface area contributed by atoms with Gasteiger partial charge in [-0.25, -0.2) is 0 Å². The van der Waals surface area contributed by atoms with Crippen molar-refractivity contribution in [3.05, 3.63) is 70.3 Å². The van der Waals surface area contributed by atoms with E-state index in [2.05, 4.69) is 15.9 Å². The summed E-state index contributed by atoms with van der Waals surface area (Å²) in [6, 6.07) is 15.7. The van der Waals surface area contributed by atoms with Crippen molar-refractivity contribution in [2.45, 2.75) is 12.6 Å². The number of morpholine rings is 1. The number of hydrogen-bond acceptors (Lipinski definition) is 3. The quantitative estimate of drug-likeness (QED) is 0.595. The van der Waals surface area contributed by atoms with E-state index in [9.17, 15) is 9.59 Å². The van der Waals surface area contributed by atoms with Crippen molar-refractivity contribution in [1.29, 1.82) is 0 Å². The van der Waals surface area contributed by atoms with Crippen molar-refractivity contribution in [3.63, 3.8) is 0 Å². The third-order valence-corrected chi connectivity index (χ3v) is 5.36. The summed E-state index contributed by atoms with van der Waals surface area (Å²) in [5, 5.41) is 0.846. The highest BCUT2D eigenvalue weighted by atomic mass is 79.9. The van der Waals surface area contributed by atoms with Gasteiger partial charge >= 0.3 is 0 Å². The second-order valence-electron chi connectivity index (χ2n) is 6.54. The fourth-order valence-corrected chi connectivity index (χ4v) is 3.91. The van der Waals surface area contributed by atoms with Crippen LogP contribution in [-0.2, 0) is 16.1 Å². The van der Waals surface area contributed by atoms with Crippen molar-refractivity contribution < 1.29 is 14.3 Å². The van der Waals surface area contributed by atoms with E-state index >= 15 is 0 Å². The third-order valence-electron chi connectivity index (χ3n) is 4.87. The number of aldehydes is 1. The molecule has 138 valence electrons. The Bertz CT molecular complexity index is 984. The molecular formula is C21H19BrN2O3. The van der Waals surface area contributed by atoms with Crippen molar-refractivity contribution in [2.24, 2.45) is 0 Å². The molecule has 0 radical (unpaired) electrons. The second-order valence-corrected chi connectivity index (χ2v) is 7.46.